The van der Waals surface area contributed by atoms with Crippen LogP contribution in [0.25, 0.3) is 5.69 Å². The van der Waals surface area contributed by atoms with Gasteiger partial charge in [0.1, 0.15) is 6.04 Å². The summed E-state index contributed by atoms with van der Waals surface area (Å²) in [4.78, 5) is 23.8. The van der Waals surface area contributed by atoms with Crippen molar-refractivity contribution in [2.45, 2.75) is 13.0 Å². The van der Waals surface area contributed by atoms with Crippen molar-refractivity contribution in [2.75, 3.05) is 11.4 Å². The SMILES string of the molecule is CC(C(=O)O)N(CC(N)=O)c1cccc(-n2[nH]nnc2=S)c1. The molecule has 0 radical (unpaired) electrons. The Kier molecular flexibility index (Phi) is 4.51. The molecule has 1 aromatic heterocycles. The molecule has 4 N–H and O–H groups in total. The largest absolute Gasteiger partial charge is 0.480 e. The number of anilines is 1. The van der Waals surface area contributed by atoms with Crippen LogP contribution in [0, 0.1) is 4.77 Å². The monoisotopic (exact) mass is 322 g/mol. The van der Waals surface area contributed by atoms with E-state index in [4.69, 9.17) is 18.0 Å². The molecule has 0 saturated carbocycles. The average Bonchev–Trinajstić information content (AvgIpc) is 2.90. The third kappa shape index (κ3) is 3.28. The molecule has 0 aliphatic carbocycles. The Balaban J connectivity index is 2.44. The summed E-state index contributed by atoms with van der Waals surface area (Å²) in [6.07, 6.45) is 0. The van der Waals surface area contributed by atoms with Crippen LogP contribution >= 0.6 is 12.2 Å². The Hall–Kier alpha value is -2.75. The lowest BCUT2D eigenvalue weighted by Crippen LogP contribution is -2.44. The average molecular weight is 322 g/mol. The van der Waals surface area contributed by atoms with Crippen LogP contribution < -0.4 is 10.6 Å². The summed E-state index contributed by atoms with van der Waals surface area (Å²) in [5.41, 5.74) is 6.33. The molecular weight excluding hydrogens is 308 g/mol. The molecule has 1 atom stereocenters. The van der Waals surface area contributed by atoms with E-state index >= 15 is 0 Å². The number of nitrogens with two attached hydrogens (primary N) is 1. The Bertz CT molecular complexity index is 755. The van der Waals surface area contributed by atoms with Gasteiger partial charge in [-0.3, -0.25) is 4.79 Å². The van der Waals surface area contributed by atoms with Gasteiger partial charge in [0, 0.05) is 5.69 Å². The van der Waals surface area contributed by atoms with Gasteiger partial charge in [-0.25, -0.2) is 9.48 Å². The summed E-state index contributed by atoms with van der Waals surface area (Å²) in [5, 5.41) is 19.0. The number of rotatable bonds is 6. The molecule has 0 aliphatic heterocycles. The van der Waals surface area contributed by atoms with Crippen molar-refractivity contribution in [1.82, 2.24) is 20.2 Å². The second kappa shape index (κ2) is 6.35. The second-order valence-corrected chi connectivity index (χ2v) is 4.91. The Morgan fingerprint density at radius 2 is 2.27 bits per heavy atom. The Morgan fingerprint density at radius 1 is 1.55 bits per heavy atom. The molecule has 0 bridgehead atoms. The topological polar surface area (TPSA) is 130 Å². The predicted molar refractivity (Wildman–Crippen MR) is 80.2 cm³/mol. The molecule has 10 heteroatoms. The lowest BCUT2D eigenvalue weighted by Gasteiger charge is -2.27. The van der Waals surface area contributed by atoms with Crippen molar-refractivity contribution >= 4 is 29.8 Å². The summed E-state index contributed by atoms with van der Waals surface area (Å²) in [7, 11) is 0. The van der Waals surface area contributed by atoms with Gasteiger partial charge in [0.15, 0.2) is 0 Å². The summed E-state index contributed by atoms with van der Waals surface area (Å²) >= 11 is 5.02. The summed E-state index contributed by atoms with van der Waals surface area (Å²) in [6.45, 7) is 1.25. The molecule has 0 fully saturated rings. The highest BCUT2D eigenvalue weighted by atomic mass is 32.1. The molecule has 116 valence electrons. The maximum Gasteiger partial charge on any atom is 0.326 e. The number of carbonyl (C=O) groups excluding carboxylic acids is 1. The zero-order valence-corrected chi connectivity index (χ0v) is 12.4. The zero-order valence-electron chi connectivity index (χ0n) is 11.6. The summed E-state index contributed by atoms with van der Waals surface area (Å²) in [5.74, 6) is -1.69. The fourth-order valence-electron chi connectivity index (χ4n) is 1.93. The number of tetrazole rings is 1. The van der Waals surface area contributed by atoms with Crippen LogP contribution in [0.4, 0.5) is 5.69 Å². The van der Waals surface area contributed by atoms with Gasteiger partial charge < -0.3 is 15.7 Å². The van der Waals surface area contributed by atoms with Gasteiger partial charge in [0.05, 0.1) is 12.2 Å². The van der Waals surface area contributed by atoms with E-state index in [1.165, 1.54) is 16.5 Å². The molecule has 2 rings (SSSR count). The molecule has 0 spiro atoms. The van der Waals surface area contributed by atoms with Crippen molar-refractivity contribution in [3.63, 3.8) is 0 Å². The Labute approximate surface area is 130 Å². The van der Waals surface area contributed by atoms with Crippen LogP contribution in [-0.4, -0.2) is 49.8 Å². The lowest BCUT2D eigenvalue weighted by atomic mass is 10.2. The number of hydrogen-bond donors (Lipinski definition) is 3. The van der Waals surface area contributed by atoms with Crippen LogP contribution in [0.5, 0.6) is 0 Å². The van der Waals surface area contributed by atoms with E-state index in [9.17, 15) is 14.7 Å². The van der Waals surface area contributed by atoms with E-state index in [0.717, 1.165) is 0 Å². The smallest absolute Gasteiger partial charge is 0.326 e. The number of H-pyrrole nitrogens is 1. The van der Waals surface area contributed by atoms with E-state index in [1.54, 1.807) is 24.3 Å². The van der Waals surface area contributed by atoms with Crippen LogP contribution in [0.2, 0.25) is 0 Å². The molecule has 1 amide bonds. The highest BCUT2D eigenvalue weighted by Crippen LogP contribution is 2.20. The van der Waals surface area contributed by atoms with Gasteiger partial charge in [-0.05, 0) is 37.3 Å². The van der Waals surface area contributed by atoms with Crippen molar-refractivity contribution in [3.05, 3.63) is 29.0 Å². The first-order valence-electron chi connectivity index (χ1n) is 6.28. The first-order valence-corrected chi connectivity index (χ1v) is 6.69. The normalized spacial score (nSPS) is 11.9. The highest BCUT2D eigenvalue weighted by Gasteiger charge is 2.23. The molecule has 1 aromatic carbocycles. The minimum atomic E-state index is -1.06. The van der Waals surface area contributed by atoms with Crippen molar-refractivity contribution in [1.29, 1.82) is 0 Å². The lowest BCUT2D eigenvalue weighted by molar-refractivity contribution is -0.138. The van der Waals surface area contributed by atoms with E-state index < -0.39 is 17.9 Å². The molecule has 2 aromatic rings. The predicted octanol–water partition coefficient (Wildman–Crippen LogP) is 0.0897. The number of aromatic nitrogens is 4. The fraction of sp³-hybridized carbons (Fsp3) is 0.250. The number of nitrogens with zero attached hydrogens (tertiary/aromatic N) is 4. The van der Waals surface area contributed by atoms with Crippen LogP contribution in [0.3, 0.4) is 0 Å². The first-order chi connectivity index (χ1) is 10.4. The van der Waals surface area contributed by atoms with Gasteiger partial charge in [-0.15, -0.1) is 0 Å². The van der Waals surface area contributed by atoms with Gasteiger partial charge in [0.25, 0.3) is 0 Å². The molecular formula is C12H14N6O3S. The number of carboxylic acids is 1. The maximum atomic E-state index is 11.2. The van der Waals surface area contributed by atoms with Crippen molar-refractivity contribution in [3.8, 4) is 5.69 Å². The minimum absolute atomic E-state index is 0.219. The second-order valence-electron chi connectivity index (χ2n) is 4.55. The quantitative estimate of drug-likeness (QED) is 0.642. The van der Waals surface area contributed by atoms with Crippen LogP contribution in [-0.2, 0) is 9.59 Å². The molecule has 0 aliphatic rings. The zero-order chi connectivity index (χ0) is 16.3. The summed E-state index contributed by atoms with van der Waals surface area (Å²) < 4.78 is 1.68. The maximum absolute atomic E-state index is 11.2. The van der Waals surface area contributed by atoms with Crippen LogP contribution in [0.15, 0.2) is 24.3 Å². The van der Waals surface area contributed by atoms with Crippen LogP contribution in [0.1, 0.15) is 6.92 Å². The number of carbonyl (C=O) groups is 2. The number of aliphatic carboxylic acids is 1. The standard InChI is InChI=1S/C12H14N6O3S/c1-7(11(20)21)17(6-10(13)19)8-3-2-4-9(5-8)18-12(22)14-15-16-18/h2-5,7H,6H2,1H3,(H2,13,19)(H,20,21)(H,14,16,22). The van der Waals surface area contributed by atoms with E-state index in [-0.39, 0.29) is 11.3 Å². The first kappa shape index (κ1) is 15.6. The minimum Gasteiger partial charge on any atom is -0.480 e. The Morgan fingerprint density at radius 3 is 2.82 bits per heavy atom. The van der Waals surface area contributed by atoms with Crippen molar-refractivity contribution in [2.24, 2.45) is 5.73 Å². The molecule has 1 heterocycles. The highest BCUT2D eigenvalue weighted by molar-refractivity contribution is 7.71. The van der Waals surface area contributed by atoms with Gasteiger partial charge in [-0.2, -0.15) is 5.21 Å². The fourth-order valence-corrected chi connectivity index (χ4v) is 2.12. The summed E-state index contributed by atoms with van der Waals surface area (Å²) in [6, 6.07) is 5.87. The van der Waals surface area contributed by atoms with Gasteiger partial charge in [0.2, 0.25) is 10.7 Å². The number of carboxylic acid groups (broad SMARTS) is 1. The molecule has 22 heavy (non-hydrogen) atoms. The van der Waals surface area contributed by atoms with Crippen molar-refractivity contribution < 1.29 is 14.7 Å². The van der Waals surface area contributed by atoms with Gasteiger partial charge >= 0.3 is 5.97 Å². The number of primary amides is 1. The van der Waals surface area contributed by atoms with E-state index in [1.807, 2.05) is 0 Å². The van der Waals surface area contributed by atoms with E-state index in [2.05, 4.69) is 15.5 Å². The molecule has 0 saturated heterocycles. The third-order valence-electron chi connectivity index (χ3n) is 3.04. The number of nitrogens with one attached hydrogen (secondary N) is 1. The number of benzene rings is 1. The molecule has 9 nitrogen and oxygen atoms in total. The number of aromatic amines is 1. The molecule has 1 unspecified atom stereocenters. The number of amides is 1. The number of hydrogen-bond acceptors (Lipinski definition) is 6. The van der Waals surface area contributed by atoms with Gasteiger partial charge in [-0.1, -0.05) is 16.4 Å². The third-order valence-corrected chi connectivity index (χ3v) is 3.31. The van der Waals surface area contributed by atoms with E-state index in [0.29, 0.717) is 11.4 Å².